The van der Waals surface area contributed by atoms with E-state index in [1.165, 1.54) is 31.5 Å². The van der Waals surface area contributed by atoms with Gasteiger partial charge < -0.3 is 9.73 Å². The van der Waals surface area contributed by atoms with E-state index in [1.807, 2.05) is 6.26 Å². The van der Waals surface area contributed by atoms with Gasteiger partial charge in [-0.1, -0.05) is 13.8 Å². The lowest BCUT2D eigenvalue weighted by Crippen LogP contribution is -2.21. The summed E-state index contributed by atoms with van der Waals surface area (Å²) in [5.41, 5.74) is 1.25. The fourth-order valence-corrected chi connectivity index (χ4v) is 2.08. The highest BCUT2D eigenvalue weighted by Crippen LogP contribution is 2.15. The van der Waals surface area contributed by atoms with Gasteiger partial charge in [-0.2, -0.15) is 0 Å². The minimum atomic E-state index is 0.525. The lowest BCUT2D eigenvalue weighted by molar-refractivity contribution is 0.297. The topological polar surface area (TPSA) is 28.4 Å². The zero-order valence-electron chi connectivity index (χ0n) is 10.3. The van der Waals surface area contributed by atoms with E-state index in [0.29, 0.717) is 6.04 Å². The molecule has 0 saturated carbocycles. The van der Waals surface area contributed by atoms with Crippen LogP contribution in [0.15, 0.2) is 16.7 Å². The molecule has 16 heavy (non-hydrogen) atoms. The molecular weight excluding hydrogens is 200 g/mol. The molecule has 0 radical (unpaired) electrons. The molecule has 2 rings (SSSR count). The van der Waals surface area contributed by atoms with Crippen molar-refractivity contribution in [1.29, 1.82) is 0 Å². The molecule has 0 aliphatic carbocycles. The summed E-state index contributed by atoms with van der Waals surface area (Å²) in [5.74, 6) is 1.10. The standard InChI is InChI=1S/C13H22N2O/c1-11(2)14-8-12-7-13(16-10-12)9-15-5-3-4-6-15/h7,10-11,14H,3-6,8-9H2,1-2H3. The van der Waals surface area contributed by atoms with Gasteiger partial charge in [0, 0.05) is 18.2 Å². The van der Waals surface area contributed by atoms with Crippen molar-refractivity contribution in [3.63, 3.8) is 0 Å². The molecule has 0 atom stereocenters. The third-order valence-electron chi connectivity index (χ3n) is 3.00. The van der Waals surface area contributed by atoms with Crippen molar-refractivity contribution in [2.24, 2.45) is 0 Å². The van der Waals surface area contributed by atoms with E-state index in [4.69, 9.17) is 4.42 Å². The lowest BCUT2D eigenvalue weighted by Gasteiger charge is -2.11. The van der Waals surface area contributed by atoms with Gasteiger partial charge in [0.05, 0.1) is 12.8 Å². The Morgan fingerprint density at radius 1 is 1.38 bits per heavy atom. The molecule has 1 N–H and O–H groups in total. The maximum absolute atomic E-state index is 5.58. The molecule has 1 saturated heterocycles. The predicted molar refractivity (Wildman–Crippen MR) is 65.2 cm³/mol. The van der Waals surface area contributed by atoms with Crippen LogP contribution in [0.5, 0.6) is 0 Å². The van der Waals surface area contributed by atoms with Crippen LogP contribution >= 0.6 is 0 Å². The second-order valence-corrected chi connectivity index (χ2v) is 4.94. The first-order valence-electron chi connectivity index (χ1n) is 6.26. The minimum absolute atomic E-state index is 0.525. The summed E-state index contributed by atoms with van der Waals surface area (Å²) in [5, 5.41) is 3.40. The first-order valence-corrected chi connectivity index (χ1v) is 6.26. The number of furan rings is 1. The Morgan fingerprint density at radius 3 is 2.81 bits per heavy atom. The van der Waals surface area contributed by atoms with E-state index < -0.39 is 0 Å². The highest BCUT2D eigenvalue weighted by Gasteiger charge is 2.13. The van der Waals surface area contributed by atoms with E-state index in [0.717, 1.165) is 18.8 Å². The molecular formula is C13H22N2O. The third-order valence-corrected chi connectivity index (χ3v) is 3.00. The summed E-state index contributed by atoms with van der Waals surface area (Å²) in [7, 11) is 0. The van der Waals surface area contributed by atoms with Gasteiger partial charge in [-0.25, -0.2) is 0 Å². The summed E-state index contributed by atoms with van der Waals surface area (Å²) in [6.07, 6.45) is 4.55. The molecule has 1 aromatic rings. The highest BCUT2D eigenvalue weighted by atomic mass is 16.3. The summed E-state index contributed by atoms with van der Waals surface area (Å²) in [4.78, 5) is 2.46. The first kappa shape index (κ1) is 11.7. The van der Waals surface area contributed by atoms with Gasteiger partial charge in [0.25, 0.3) is 0 Å². The Balaban J connectivity index is 1.81. The minimum Gasteiger partial charge on any atom is -0.468 e. The Hall–Kier alpha value is -0.800. The van der Waals surface area contributed by atoms with Crippen molar-refractivity contribution >= 4 is 0 Å². The molecule has 2 heterocycles. The van der Waals surface area contributed by atoms with E-state index >= 15 is 0 Å². The van der Waals surface area contributed by atoms with Crippen molar-refractivity contribution in [3.8, 4) is 0 Å². The quantitative estimate of drug-likeness (QED) is 0.829. The van der Waals surface area contributed by atoms with Gasteiger partial charge in [-0.3, -0.25) is 4.90 Å². The van der Waals surface area contributed by atoms with Crippen LogP contribution in [-0.2, 0) is 13.1 Å². The molecule has 1 aliphatic rings. The largest absolute Gasteiger partial charge is 0.468 e. The van der Waals surface area contributed by atoms with Crippen molar-refractivity contribution in [1.82, 2.24) is 10.2 Å². The molecule has 3 nitrogen and oxygen atoms in total. The van der Waals surface area contributed by atoms with E-state index in [1.54, 1.807) is 0 Å². The molecule has 1 aliphatic heterocycles. The van der Waals surface area contributed by atoms with Crippen LogP contribution in [-0.4, -0.2) is 24.0 Å². The lowest BCUT2D eigenvalue weighted by atomic mass is 10.3. The number of nitrogens with one attached hydrogen (secondary N) is 1. The summed E-state index contributed by atoms with van der Waals surface area (Å²) in [6, 6.07) is 2.70. The number of hydrogen-bond acceptors (Lipinski definition) is 3. The normalized spacial score (nSPS) is 17.4. The van der Waals surface area contributed by atoms with Gasteiger partial charge in [0.2, 0.25) is 0 Å². The zero-order valence-corrected chi connectivity index (χ0v) is 10.3. The van der Waals surface area contributed by atoms with E-state index in [2.05, 4.69) is 30.1 Å². The molecule has 0 unspecified atom stereocenters. The highest BCUT2D eigenvalue weighted by molar-refractivity contribution is 5.12. The van der Waals surface area contributed by atoms with Gasteiger partial charge in [-0.15, -0.1) is 0 Å². The summed E-state index contributed by atoms with van der Waals surface area (Å²) < 4.78 is 5.58. The van der Waals surface area contributed by atoms with Gasteiger partial charge in [-0.05, 0) is 32.0 Å². The summed E-state index contributed by atoms with van der Waals surface area (Å²) >= 11 is 0. The second-order valence-electron chi connectivity index (χ2n) is 4.94. The molecule has 0 bridgehead atoms. The molecule has 1 fully saturated rings. The molecule has 1 aromatic heterocycles. The van der Waals surface area contributed by atoms with E-state index in [-0.39, 0.29) is 0 Å². The van der Waals surface area contributed by atoms with Gasteiger partial charge >= 0.3 is 0 Å². The van der Waals surface area contributed by atoms with Crippen molar-refractivity contribution < 1.29 is 4.42 Å². The zero-order chi connectivity index (χ0) is 11.4. The Kier molecular flexibility index (Phi) is 4.02. The number of likely N-dealkylation sites (tertiary alicyclic amines) is 1. The number of nitrogens with zero attached hydrogens (tertiary/aromatic N) is 1. The number of hydrogen-bond donors (Lipinski definition) is 1. The first-order chi connectivity index (χ1) is 7.74. The van der Waals surface area contributed by atoms with Gasteiger partial charge in [0.15, 0.2) is 0 Å². The van der Waals surface area contributed by atoms with Crippen LogP contribution in [0, 0.1) is 0 Å². The predicted octanol–water partition coefficient (Wildman–Crippen LogP) is 2.37. The molecule has 90 valence electrons. The third kappa shape index (κ3) is 3.35. The van der Waals surface area contributed by atoms with Crippen molar-refractivity contribution in [2.75, 3.05) is 13.1 Å². The van der Waals surface area contributed by atoms with E-state index in [9.17, 15) is 0 Å². The van der Waals surface area contributed by atoms with Gasteiger partial charge in [0.1, 0.15) is 5.76 Å². The smallest absolute Gasteiger partial charge is 0.118 e. The maximum Gasteiger partial charge on any atom is 0.118 e. The van der Waals surface area contributed by atoms with Crippen molar-refractivity contribution in [3.05, 3.63) is 23.7 Å². The molecule has 3 heteroatoms. The Bertz CT molecular complexity index is 313. The number of rotatable bonds is 5. The summed E-state index contributed by atoms with van der Waals surface area (Å²) in [6.45, 7) is 8.64. The van der Waals surface area contributed by atoms with Crippen LogP contribution in [0.1, 0.15) is 38.0 Å². The fourth-order valence-electron chi connectivity index (χ4n) is 2.08. The Morgan fingerprint density at radius 2 is 2.12 bits per heavy atom. The average molecular weight is 222 g/mol. The SMILES string of the molecule is CC(C)NCc1coc(CN2CCCC2)c1. The molecule has 0 spiro atoms. The van der Waals surface area contributed by atoms with Crippen LogP contribution in [0.2, 0.25) is 0 Å². The fraction of sp³-hybridized carbons (Fsp3) is 0.692. The monoisotopic (exact) mass is 222 g/mol. The average Bonchev–Trinajstić information content (AvgIpc) is 2.87. The molecule has 0 aromatic carbocycles. The maximum atomic E-state index is 5.58. The molecule has 0 amide bonds. The van der Waals surface area contributed by atoms with Crippen LogP contribution in [0.25, 0.3) is 0 Å². The van der Waals surface area contributed by atoms with Crippen LogP contribution in [0.4, 0.5) is 0 Å². The van der Waals surface area contributed by atoms with Crippen molar-refractivity contribution in [2.45, 2.75) is 45.8 Å². The second kappa shape index (κ2) is 5.51. The van der Waals surface area contributed by atoms with Crippen LogP contribution in [0.3, 0.4) is 0 Å². The Labute approximate surface area is 97.8 Å². The van der Waals surface area contributed by atoms with Crippen LogP contribution < -0.4 is 5.32 Å².